The van der Waals surface area contributed by atoms with Crippen molar-refractivity contribution in [1.82, 2.24) is 9.88 Å². The van der Waals surface area contributed by atoms with E-state index >= 15 is 0 Å². The molecule has 1 aliphatic heterocycles. The first kappa shape index (κ1) is 18.6. The number of aromatic nitrogens is 1. The Morgan fingerprint density at radius 3 is 2.64 bits per heavy atom. The molecule has 0 saturated carbocycles. The van der Waals surface area contributed by atoms with Crippen LogP contribution in [0.4, 0.5) is 0 Å². The van der Waals surface area contributed by atoms with E-state index in [2.05, 4.69) is 4.98 Å². The summed E-state index contributed by atoms with van der Waals surface area (Å²) in [5, 5.41) is 2.73. The second-order valence-corrected chi connectivity index (χ2v) is 7.63. The molecule has 0 saturated heterocycles. The molecule has 0 fully saturated rings. The van der Waals surface area contributed by atoms with Gasteiger partial charge in [-0.2, -0.15) is 0 Å². The van der Waals surface area contributed by atoms with Crippen molar-refractivity contribution in [2.45, 2.75) is 26.3 Å². The van der Waals surface area contributed by atoms with Gasteiger partial charge in [-0.05, 0) is 48.7 Å². The van der Waals surface area contributed by atoms with Gasteiger partial charge >= 0.3 is 0 Å². The molecule has 0 aliphatic carbocycles. The Morgan fingerprint density at radius 1 is 1.21 bits per heavy atom. The number of hydrogen-bond acceptors (Lipinski definition) is 6. The number of thiazole rings is 1. The van der Waals surface area contributed by atoms with Gasteiger partial charge in [-0.3, -0.25) is 4.79 Å². The second kappa shape index (κ2) is 7.67. The number of furan rings is 1. The Balaban J connectivity index is 1.46. The normalized spacial score (nSPS) is 13.3. The van der Waals surface area contributed by atoms with Gasteiger partial charge in [-0.1, -0.05) is 0 Å². The van der Waals surface area contributed by atoms with Crippen LogP contribution in [0.3, 0.4) is 0 Å². The number of ether oxygens (including phenoxy) is 2. The molecule has 3 heterocycles. The number of hydrogen-bond donors (Lipinski definition) is 0. The number of nitrogens with zero attached hydrogens (tertiary/aromatic N) is 2. The molecule has 7 heteroatoms. The van der Waals surface area contributed by atoms with E-state index in [0.717, 1.165) is 40.0 Å². The summed E-state index contributed by atoms with van der Waals surface area (Å²) in [5.41, 5.74) is 3.07. The Bertz CT molecular complexity index is 1010. The van der Waals surface area contributed by atoms with E-state index in [1.807, 2.05) is 41.5 Å². The number of carbonyl (C=O) groups is 1. The van der Waals surface area contributed by atoms with Gasteiger partial charge in [0.15, 0.2) is 22.3 Å². The maximum atomic E-state index is 12.8. The molecule has 1 aromatic carbocycles. The minimum atomic E-state index is 0.0768. The van der Waals surface area contributed by atoms with Crippen LogP contribution < -0.4 is 9.47 Å². The fourth-order valence-electron chi connectivity index (χ4n) is 3.41. The first-order chi connectivity index (χ1) is 13.6. The minimum Gasteiger partial charge on any atom is -0.493 e. The third-order valence-corrected chi connectivity index (χ3v) is 5.81. The molecule has 6 nitrogen and oxygen atoms in total. The maximum Gasteiger partial charge on any atom is 0.228 e. The van der Waals surface area contributed by atoms with E-state index < -0.39 is 0 Å². The monoisotopic (exact) mass is 398 g/mol. The van der Waals surface area contributed by atoms with E-state index in [1.54, 1.807) is 14.2 Å². The van der Waals surface area contributed by atoms with Crippen molar-refractivity contribution in [3.63, 3.8) is 0 Å². The lowest BCUT2D eigenvalue weighted by molar-refractivity contribution is -0.131. The fourth-order valence-corrected chi connectivity index (χ4v) is 4.19. The minimum absolute atomic E-state index is 0.0768. The van der Waals surface area contributed by atoms with Crippen LogP contribution in [0.1, 0.15) is 22.6 Å². The van der Waals surface area contributed by atoms with Crippen LogP contribution in [0, 0.1) is 6.92 Å². The van der Waals surface area contributed by atoms with Crippen LogP contribution in [0.2, 0.25) is 0 Å². The molecule has 4 rings (SSSR count). The van der Waals surface area contributed by atoms with Gasteiger partial charge in [0.2, 0.25) is 5.91 Å². The van der Waals surface area contributed by atoms with Crippen molar-refractivity contribution in [2.75, 3.05) is 20.8 Å². The highest BCUT2D eigenvalue weighted by molar-refractivity contribution is 7.13. The lowest BCUT2D eigenvalue weighted by atomic mass is 9.98. The number of amides is 1. The third kappa shape index (κ3) is 3.62. The highest BCUT2D eigenvalue weighted by Crippen LogP contribution is 2.33. The Labute approximate surface area is 167 Å². The second-order valence-electron chi connectivity index (χ2n) is 6.77. The SMILES string of the molecule is COc1cc2c(cc1OC)CN(C(=O)Cc1csc(-c3ccc(C)o3)n1)CC2. The molecule has 0 atom stereocenters. The first-order valence-electron chi connectivity index (χ1n) is 9.10. The molecule has 1 amide bonds. The highest BCUT2D eigenvalue weighted by atomic mass is 32.1. The van der Waals surface area contributed by atoms with Crippen LogP contribution in [-0.4, -0.2) is 36.6 Å². The van der Waals surface area contributed by atoms with E-state index in [1.165, 1.54) is 16.9 Å². The summed E-state index contributed by atoms with van der Waals surface area (Å²) in [7, 11) is 3.26. The molecule has 0 spiro atoms. The van der Waals surface area contributed by atoms with Gasteiger partial charge < -0.3 is 18.8 Å². The number of fused-ring (bicyclic) bond motifs is 1. The summed E-state index contributed by atoms with van der Waals surface area (Å²) in [5.74, 6) is 3.08. The molecule has 3 aromatic rings. The van der Waals surface area contributed by atoms with Gasteiger partial charge in [-0.25, -0.2) is 4.98 Å². The number of aryl methyl sites for hydroxylation is 1. The summed E-state index contributed by atoms with van der Waals surface area (Å²) in [6.07, 6.45) is 1.09. The Hall–Kier alpha value is -2.80. The molecular formula is C21H22N2O4S. The first-order valence-corrected chi connectivity index (χ1v) is 9.98. The van der Waals surface area contributed by atoms with Gasteiger partial charge in [-0.15, -0.1) is 11.3 Å². The van der Waals surface area contributed by atoms with Crippen LogP contribution in [0.25, 0.3) is 10.8 Å². The summed E-state index contributed by atoms with van der Waals surface area (Å²) < 4.78 is 16.4. The molecule has 0 radical (unpaired) electrons. The van der Waals surface area contributed by atoms with Crippen molar-refractivity contribution >= 4 is 17.2 Å². The predicted octanol–water partition coefficient (Wildman–Crippen LogP) is 3.86. The van der Waals surface area contributed by atoms with Crippen LogP contribution in [-0.2, 0) is 24.2 Å². The topological polar surface area (TPSA) is 64.8 Å². The van der Waals surface area contributed by atoms with Crippen molar-refractivity contribution in [3.8, 4) is 22.3 Å². The van der Waals surface area contributed by atoms with Gasteiger partial charge in [0.1, 0.15) is 5.76 Å². The van der Waals surface area contributed by atoms with Crippen molar-refractivity contribution in [1.29, 1.82) is 0 Å². The number of benzene rings is 1. The standard InChI is InChI=1S/C21H22N2O4S/c1-13-4-5-17(27-13)21-22-16(12-28-21)10-20(24)23-7-6-14-8-18(25-2)19(26-3)9-15(14)11-23/h4-5,8-9,12H,6-7,10-11H2,1-3H3. The summed E-state index contributed by atoms with van der Waals surface area (Å²) in [4.78, 5) is 19.3. The number of carbonyl (C=O) groups excluding carboxylic acids is 1. The van der Waals surface area contributed by atoms with Crippen LogP contribution >= 0.6 is 11.3 Å². The zero-order valence-electron chi connectivity index (χ0n) is 16.2. The quantitative estimate of drug-likeness (QED) is 0.653. The molecular weight excluding hydrogens is 376 g/mol. The average molecular weight is 398 g/mol. The molecule has 146 valence electrons. The molecule has 28 heavy (non-hydrogen) atoms. The predicted molar refractivity (Wildman–Crippen MR) is 107 cm³/mol. The van der Waals surface area contributed by atoms with Crippen molar-refractivity contribution in [2.24, 2.45) is 0 Å². The Morgan fingerprint density at radius 2 is 1.96 bits per heavy atom. The molecule has 1 aliphatic rings. The van der Waals surface area contributed by atoms with E-state index in [0.29, 0.717) is 25.3 Å². The van der Waals surface area contributed by atoms with E-state index in [9.17, 15) is 4.79 Å². The summed E-state index contributed by atoms with van der Waals surface area (Å²) in [6.45, 7) is 3.17. The lowest BCUT2D eigenvalue weighted by Crippen LogP contribution is -2.37. The maximum absolute atomic E-state index is 12.8. The van der Waals surface area contributed by atoms with E-state index in [4.69, 9.17) is 13.9 Å². The Kier molecular flexibility index (Phi) is 5.09. The van der Waals surface area contributed by atoms with E-state index in [-0.39, 0.29) is 5.91 Å². The third-order valence-electron chi connectivity index (χ3n) is 4.91. The average Bonchev–Trinajstić information content (AvgIpc) is 3.35. The van der Waals surface area contributed by atoms with Crippen LogP contribution in [0.15, 0.2) is 34.1 Å². The lowest BCUT2D eigenvalue weighted by Gasteiger charge is -2.29. The number of rotatable bonds is 5. The largest absolute Gasteiger partial charge is 0.493 e. The number of methoxy groups -OCH3 is 2. The fraction of sp³-hybridized carbons (Fsp3) is 0.333. The summed E-state index contributed by atoms with van der Waals surface area (Å²) in [6, 6.07) is 7.79. The van der Waals surface area contributed by atoms with Crippen molar-refractivity contribution < 1.29 is 18.7 Å². The molecule has 0 unspecified atom stereocenters. The zero-order chi connectivity index (χ0) is 19.7. The smallest absolute Gasteiger partial charge is 0.228 e. The summed E-state index contributed by atoms with van der Waals surface area (Å²) >= 11 is 1.50. The molecule has 0 bridgehead atoms. The van der Waals surface area contributed by atoms with Gasteiger partial charge in [0, 0.05) is 18.5 Å². The van der Waals surface area contributed by atoms with Gasteiger partial charge in [0.05, 0.1) is 26.3 Å². The van der Waals surface area contributed by atoms with Crippen molar-refractivity contribution in [3.05, 3.63) is 52.2 Å². The molecule has 2 aromatic heterocycles. The zero-order valence-corrected chi connectivity index (χ0v) is 17.0. The molecule has 0 N–H and O–H groups in total. The van der Waals surface area contributed by atoms with Crippen LogP contribution in [0.5, 0.6) is 11.5 Å². The van der Waals surface area contributed by atoms with Gasteiger partial charge in [0.25, 0.3) is 0 Å². The highest BCUT2D eigenvalue weighted by Gasteiger charge is 2.23.